The van der Waals surface area contributed by atoms with E-state index >= 15 is 0 Å². The van der Waals surface area contributed by atoms with Gasteiger partial charge in [-0.2, -0.15) is 0 Å². The number of hydrogen-bond acceptors (Lipinski definition) is 5. The highest BCUT2D eigenvalue weighted by atomic mass is 32.1. The molecule has 6 nitrogen and oxygen atoms in total. The van der Waals surface area contributed by atoms with Crippen molar-refractivity contribution in [1.29, 1.82) is 0 Å². The second-order valence-electron chi connectivity index (χ2n) is 7.47. The predicted molar refractivity (Wildman–Crippen MR) is 107 cm³/mol. The number of carboxylic acids is 1. The summed E-state index contributed by atoms with van der Waals surface area (Å²) in [6.45, 7) is 1.82. The number of aryl methyl sites for hydroxylation is 3. The van der Waals surface area contributed by atoms with Crippen LogP contribution >= 0.6 is 11.3 Å². The number of carbonyl (C=O) groups is 1. The van der Waals surface area contributed by atoms with E-state index in [1.54, 1.807) is 4.57 Å². The first-order valence-electron chi connectivity index (χ1n) is 9.47. The number of aromatic nitrogens is 2. The van der Waals surface area contributed by atoms with Gasteiger partial charge < -0.3 is 9.90 Å². The van der Waals surface area contributed by atoms with Crippen LogP contribution in [0.25, 0.3) is 10.2 Å². The zero-order valence-electron chi connectivity index (χ0n) is 15.6. The fourth-order valence-electron chi connectivity index (χ4n) is 3.96. The Hall–Kier alpha value is -2.67. The van der Waals surface area contributed by atoms with Crippen LogP contribution in [-0.2, 0) is 37.1 Å². The van der Waals surface area contributed by atoms with E-state index in [0.717, 1.165) is 39.8 Å². The highest BCUT2D eigenvalue weighted by Gasteiger charge is 2.25. The third-order valence-electron chi connectivity index (χ3n) is 5.41. The van der Waals surface area contributed by atoms with E-state index in [-0.39, 0.29) is 0 Å². The largest absolute Gasteiger partial charge is 0.548 e. The zero-order chi connectivity index (χ0) is 19.8. The molecule has 0 unspecified atom stereocenters. The fourth-order valence-corrected chi connectivity index (χ4v) is 5.31. The normalized spacial score (nSPS) is 16.2. The molecule has 7 heteroatoms. The second kappa shape index (κ2) is 7.39. The Morgan fingerprint density at radius 1 is 1.21 bits per heavy atom. The third kappa shape index (κ3) is 3.30. The Kier molecular flexibility index (Phi) is 4.93. The Morgan fingerprint density at radius 3 is 2.68 bits per heavy atom. The summed E-state index contributed by atoms with van der Waals surface area (Å²) >= 11 is 1.51. The van der Waals surface area contributed by atoms with Crippen LogP contribution < -0.4 is 16.4 Å². The number of nitrogens with zero attached hydrogens (tertiary/aromatic N) is 2. The number of carboxylic acid groups (broad SMARTS) is 1. The van der Waals surface area contributed by atoms with Crippen molar-refractivity contribution in [3.05, 3.63) is 67.2 Å². The van der Waals surface area contributed by atoms with Crippen molar-refractivity contribution in [2.45, 2.75) is 45.7 Å². The van der Waals surface area contributed by atoms with Crippen molar-refractivity contribution >= 4 is 27.5 Å². The smallest absolute Gasteiger partial charge is 0.332 e. The molecule has 0 spiro atoms. The van der Waals surface area contributed by atoms with Gasteiger partial charge in [0.05, 0.1) is 17.9 Å². The van der Waals surface area contributed by atoms with Gasteiger partial charge in [-0.25, -0.2) is 4.79 Å². The molecule has 0 amide bonds. The highest BCUT2D eigenvalue weighted by molar-refractivity contribution is 7.18. The monoisotopic (exact) mass is 397 g/mol. The van der Waals surface area contributed by atoms with Crippen molar-refractivity contribution in [3.63, 3.8) is 0 Å². The Labute approximate surface area is 165 Å². The van der Waals surface area contributed by atoms with E-state index in [1.807, 2.05) is 30.3 Å². The molecule has 2 aromatic heterocycles. The molecule has 28 heavy (non-hydrogen) atoms. The molecule has 1 atom stereocenters. The number of rotatable bonds is 5. The highest BCUT2D eigenvalue weighted by Crippen LogP contribution is 2.36. The molecule has 4 rings (SSSR count). The van der Waals surface area contributed by atoms with Crippen LogP contribution in [-0.4, -0.2) is 15.1 Å². The quantitative estimate of drug-likeness (QED) is 0.650. The summed E-state index contributed by atoms with van der Waals surface area (Å²) in [5, 5.41) is 11.7. The minimum absolute atomic E-state index is 0.390. The van der Waals surface area contributed by atoms with Gasteiger partial charge in [0.25, 0.3) is 5.56 Å². The molecule has 0 saturated heterocycles. The van der Waals surface area contributed by atoms with Gasteiger partial charge >= 0.3 is 5.69 Å². The summed E-state index contributed by atoms with van der Waals surface area (Å²) in [6, 6.07) is 9.79. The molecule has 3 aromatic rings. The Balaban J connectivity index is 1.90. The maximum Gasteiger partial charge on any atom is 0.332 e. The lowest BCUT2D eigenvalue weighted by Gasteiger charge is -2.18. The first kappa shape index (κ1) is 18.7. The number of hydrogen-bond donors (Lipinski definition) is 0. The lowest BCUT2D eigenvalue weighted by molar-refractivity contribution is -0.306. The molecule has 0 radical (unpaired) electrons. The predicted octanol–water partition coefficient (Wildman–Crippen LogP) is 1.34. The topological polar surface area (TPSA) is 84.1 Å². The summed E-state index contributed by atoms with van der Waals surface area (Å²) < 4.78 is 2.38. The van der Waals surface area contributed by atoms with E-state index in [0.29, 0.717) is 29.1 Å². The van der Waals surface area contributed by atoms with Crippen LogP contribution in [0.4, 0.5) is 0 Å². The van der Waals surface area contributed by atoms with E-state index in [4.69, 9.17) is 0 Å². The van der Waals surface area contributed by atoms with Gasteiger partial charge in [-0.1, -0.05) is 37.3 Å². The summed E-state index contributed by atoms with van der Waals surface area (Å²) in [4.78, 5) is 39.0. The molecular weight excluding hydrogens is 376 g/mol. The Bertz CT molecular complexity index is 1160. The van der Waals surface area contributed by atoms with Gasteiger partial charge in [0.2, 0.25) is 0 Å². The van der Waals surface area contributed by atoms with Gasteiger partial charge in [0, 0.05) is 11.4 Å². The number of aliphatic carboxylic acids is 1. The maximum atomic E-state index is 13.0. The molecule has 1 aromatic carbocycles. The van der Waals surface area contributed by atoms with Crippen molar-refractivity contribution in [3.8, 4) is 0 Å². The summed E-state index contributed by atoms with van der Waals surface area (Å²) in [7, 11) is 0. The molecule has 0 fully saturated rings. The van der Waals surface area contributed by atoms with Gasteiger partial charge in [-0.05, 0) is 42.7 Å². The lowest BCUT2D eigenvalue weighted by Crippen LogP contribution is -2.44. The zero-order valence-corrected chi connectivity index (χ0v) is 16.5. The van der Waals surface area contributed by atoms with Crippen LogP contribution in [0.15, 0.2) is 39.9 Å². The molecule has 2 heterocycles. The van der Waals surface area contributed by atoms with Gasteiger partial charge in [-0.3, -0.25) is 13.9 Å². The maximum absolute atomic E-state index is 13.0. The third-order valence-corrected chi connectivity index (χ3v) is 6.72. The number of thiophene rings is 1. The van der Waals surface area contributed by atoms with Crippen LogP contribution in [0, 0.1) is 5.92 Å². The van der Waals surface area contributed by atoms with Crippen molar-refractivity contribution in [2.75, 3.05) is 0 Å². The number of carbonyl (C=O) groups excluding carboxylic acids is 1. The van der Waals surface area contributed by atoms with Gasteiger partial charge in [0.15, 0.2) is 0 Å². The standard InChI is InChI=1S/C21H22N2O4S/c1-13-7-8-16-15(11-13)18-19(26)23(12-17(24)25)21(27)22(20(18)28-16)10-9-14-5-3-2-4-6-14/h2-6,13H,7-12H2,1H3,(H,24,25)/p-1/t13-/m1/s1. The van der Waals surface area contributed by atoms with Crippen LogP contribution in [0.3, 0.4) is 0 Å². The minimum atomic E-state index is -1.44. The average molecular weight is 397 g/mol. The van der Waals surface area contributed by atoms with Crippen molar-refractivity contribution in [2.24, 2.45) is 5.92 Å². The van der Waals surface area contributed by atoms with E-state index < -0.39 is 23.8 Å². The summed E-state index contributed by atoms with van der Waals surface area (Å²) in [5.41, 5.74) is 0.982. The van der Waals surface area contributed by atoms with Crippen molar-refractivity contribution < 1.29 is 9.90 Å². The molecule has 1 aliphatic carbocycles. The number of benzene rings is 1. The van der Waals surface area contributed by atoms with E-state index in [9.17, 15) is 19.5 Å². The van der Waals surface area contributed by atoms with Crippen molar-refractivity contribution in [1.82, 2.24) is 9.13 Å². The molecule has 146 valence electrons. The summed E-state index contributed by atoms with van der Waals surface area (Å²) in [5.74, 6) is -0.977. The fraction of sp³-hybridized carbons (Fsp3) is 0.381. The number of fused-ring (bicyclic) bond motifs is 3. The molecule has 0 bridgehead atoms. The molecule has 0 N–H and O–H groups in total. The molecule has 1 aliphatic rings. The first-order valence-corrected chi connectivity index (χ1v) is 10.3. The minimum Gasteiger partial charge on any atom is -0.548 e. The van der Waals surface area contributed by atoms with E-state index in [2.05, 4.69) is 6.92 Å². The SMILES string of the molecule is C[C@@H]1CCc2sc3c(c2C1)c(=O)n(CC(=O)[O-])c(=O)n3CCc1ccccc1. The van der Waals surface area contributed by atoms with Crippen LogP contribution in [0.1, 0.15) is 29.3 Å². The molecule has 0 saturated carbocycles. The average Bonchev–Trinajstić information content (AvgIpc) is 3.04. The summed E-state index contributed by atoms with van der Waals surface area (Å²) in [6.07, 6.45) is 3.36. The van der Waals surface area contributed by atoms with Gasteiger partial charge in [-0.15, -0.1) is 11.3 Å². The van der Waals surface area contributed by atoms with Gasteiger partial charge in [0.1, 0.15) is 4.83 Å². The first-order chi connectivity index (χ1) is 13.5. The Morgan fingerprint density at radius 2 is 1.96 bits per heavy atom. The van der Waals surface area contributed by atoms with Crippen LogP contribution in [0.2, 0.25) is 0 Å². The van der Waals surface area contributed by atoms with E-state index in [1.165, 1.54) is 11.3 Å². The lowest BCUT2D eigenvalue weighted by atomic mass is 9.89. The molecule has 0 aliphatic heterocycles. The molecular formula is C21H21N2O4S-. The second-order valence-corrected chi connectivity index (χ2v) is 8.55. The van der Waals surface area contributed by atoms with Crippen LogP contribution in [0.5, 0.6) is 0 Å².